The molecule has 0 atom stereocenters. The molecule has 1 heterocycles. The van der Waals surface area contributed by atoms with E-state index in [2.05, 4.69) is 59.6 Å². The first-order chi connectivity index (χ1) is 7.95. The number of rotatable bonds is 2. The molecule has 1 aromatic heterocycles. The molecule has 2 aromatic rings. The number of benzene rings is 1. The largest absolute Gasteiger partial charge is 0.361 e. The zero-order chi connectivity index (χ0) is 10.8. The summed E-state index contributed by atoms with van der Waals surface area (Å²) < 4.78 is 0. The highest BCUT2D eigenvalue weighted by Gasteiger charge is 2.13. The van der Waals surface area contributed by atoms with Crippen LogP contribution in [0.5, 0.6) is 0 Å². The van der Waals surface area contributed by atoms with E-state index >= 15 is 0 Å². The van der Waals surface area contributed by atoms with Crippen LogP contribution in [0.1, 0.15) is 11.5 Å². The molecule has 0 saturated carbocycles. The second-order valence-corrected chi connectivity index (χ2v) is 3.97. The van der Waals surface area contributed by atoms with Gasteiger partial charge in [0.25, 0.3) is 0 Å². The van der Waals surface area contributed by atoms with E-state index < -0.39 is 0 Å². The molecule has 3 rings (SSSR count). The van der Waals surface area contributed by atoms with Gasteiger partial charge in [0.2, 0.25) is 0 Å². The zero-order valence-electron chi connectivity index (χ0n) is 8.93. The van der Waals surface area contributed by atoms with Crippen LogP contribution in [-0.2, 0) is 0 Å². The normalized spacial score (nSPS) is 14.8. The van der Waals surface area contributed by atoms with Crippen molar-refractivity contribution < 1.29 is 0 Å². The minimum absolute atomic E-state index is 0.418. The van der Waals surface area contributed by atoms with Crippen LogP contribution in [0, 0.1) is 0 Å². The van der Waals surface area contributed by atoms with Gasteiger partial charge in [-0.3, -0.25) is 0 Å². The number of hydrogen-bond donors (Lipinski definition) is 1. The van der Waals surface area contributed by atoms with E-state index in [4.69, 9.17) is 0 Å². The number of aromatic amines is 1. The highest BCUT2D eigenvalue weighted by molar-refractivity contribution is 5.65. The lowest BCUT2D eigenvalue weighted by atomic mass is 9.98. The number of allylic oxidation sites excluding steroid dienone is 4. The Balaban J connectivity index is 2.06. The van der Waals surface area contributed by atoms with Gasteiger partial charge in [0.05, 0.1) is 0 Å². The molecule has 1 N–H and O–H groups in total. The SMILES string of the molecule is C1=CC(c2cc[nH]c2-c2ccccc2)C=C1. The van der Waals surface area contributed by atoms with Crippen molar-refractivity contribution in [1.82, 2.24) is 4.98 Å². The summed E-state index contributed by atoms with van der Waals surface area (Å²) in [6, 6.07) is 12.6. The van der Waals surface area contributed by atoms with Crippen LogP contribution in [0.3, 0.4) is 0 Å². The molecule has 0 unspecified atom stereocenters. The van der Waals surface area contributed by atoms with Crippen LogP contribution >= 0.6 is 0 Å². The Morgan fingerprint density at radius 2 is 1.62 bits per heavy atom. The quantitative estimate of drug-likeness (QED) is 0.769. The van der Waals surface area contributed by atoms with E-state index in [-0.39, 0.29) is 0 Å². The third-order valence-electron chi connectivity index (χ3n) is 2.95. The molecule has 78 valence electrons. The predicted octanol–water partition coefficient (Wildman–Crippen LogP) is 3.89. The highest BCUT2D eigenvalue weighted by Crippen LogP contribution is 2.31. The van der Waals surface area contributed by atoms with Gasteiger partial charge in [0.15, 0.2) is 0 Å². The first-order valence-corrected chi connectivity index (χ1v) is 5.53. The lowest BCUT2D eigenvalue weighted by molar-refractivity contribution is 1.11. The van der Waals surface area contributed by atoms with Gasteiger partial charge in [-0.1, -0.05) is 54.6 Å². The summed E-state index contributed by atoms with van der Waals surface area (Å²) in [6.45, 7) is 0. The molecule has 0 radical (unpaired) electrons. The Morgan fingerprint density at radius 1 is 0.875 bits per heavy atom. The van der Waals surface area contributed by atoms with Gasteiger partial charge < -0.3 is 4.98 Å². The second kappa shape index (κ2) is 3.86. The van der Waals surface area contributed by atoms with Crippen molar-refractivity contribution in [3.8, 4) is 11.3 Å². The molecule has 1 nitrogen and oxygen atoms in total. The molecule has 0 saturated heterocycles. The Morgan fingerprint density at radius 3 is 2.38 bits per heavy atom. The maximum Gasteiger partial charge on any atom is 0.0495 e. The van der Waals surface area contributed by atoms with Gasteiger partial charge in [-0.05, 0) is 17.2 Å². The number of hydrogen-bond acceptors (Lipinski definition) is 0. The third kappa shape index (κ3) is 1.50. The van der Waals surface area contributed by atoms with Crippen LogP contribution in [-0.4, -0.2) is 4.98 Å². The number of aromatic nitrogens is 1. The maximum atomic E-state index is 3.33. The minimum atomic E-state index is 0.418. The van der Waals surface area contributed by atoms with Gasteiger partial charge in [0.1, 0.15) is 0 Å². The average Bonchev–Trinajstić information content (AvgIpc) is 3.01. The van der Waals surface area contributed by atoms with Gasteiger partial charge >= 0.3 is 0 Å². The van der Waals surface area contributed by atoms with Crippen LogP contribution in [0.4, 0.5) is 0 Å². The Hall–Kier alpha value is -2.02. The molecule has 1 aromatic carbocycles. The molecular weight excluding hydrogens is 194 g/mol. The summed E-state index contributed by atoms with van der Waals surface area (Å²) in [7, 11) is 0. The standard InChI is InChI=1S/C15H13N/c1-2-8-13(9-3-1)15-14(10-11-16-15)12-6-4-5-7-12/h1-12,16H. The fourth-order valence-corrected chi connectivity index (χ4v) is 2.15. The summed E-state index contributed by atoms with van der Waals surface area (Å²) in [4.78, 5) is 3.33. The highest BCUT2D eigenvalue weighted by atomic mass is 14.7. The third-order valence-corrected chi connectivity index (χ3v) is 2.95. The number of H-pyrrole nitrogens is 1. The molecule has 0 spiro atoms. The molecule has 1 heteroatoms. The first kappa shape index (κ1) is 9.22. The van der Waals surface area contributed by atoms with Crippen molar-refractivity contribution in [2.24, 2.45) is 0 Å². The van der Waals surface area contributed by atoms with Crippen molar-refractivity contribution in [2.45, 2.75) is 5.92 Å². The van der Waals surface area contributed by atoms with E-state index in [0.717, 1.165) is 0 Å². The average molecular weight is 207 g/mol. The van der Waals surface area contributed by atoms with Crippen molar-refractivity contribution >= 4 is 0 Å². The Bertz CT molecular complexity index is 520. The second-order valence-electron chi connectivity index (χ2n) is 3.97. The fraction of sp³-hybridized carbons (Fsp3) is 0.0667. The maximum absolute atomic E-state index is 3.33. The molecule has 1 aliphatic rings. The Kier molecular flexibility index (Phi) is 2.22. The van der Waals surface area contributed by atoms with Crippen LogP contribution in [0.15, 0.2) is 66.9 Å². The molecule has 1 aliphatic carbocycles. The van der Waals surface area contributed by atoms with E-state index in [1.54, 1.807) is 0 Å². The summed E-state index contributed by atoms with van der Waals surface area (Å²) in [6.07, 6.45) is 10.7. The smallest absolute Gasteiger partial charge is 0.0495 e. The lowest BCUT2D eigenvalue weighted by Crippen LogP contribution is -1.90. The topological polar surface area (TPSA) is 15.8 Å². The van der Waals surface area contributed by atoms with Crippen molar-refractivity contribution in [3.05, 3.63) is 72.5 Å². The van der Waals surface area contributed by atoms with Crippen molar-refractivity contribution in [1.29, 1.82) is 0 Å². The van der Waals surface area contributed by atoms with Crippen molar-refractivity contribution in [3.63, 3.8) is 0 Å². The van der Waals surface area contributed by atoms with E-state index in [9.17, 15) is 0 Å². The fourth-order valence-electron chi connectivity index (χ4n) is 2.15. The summed E-state index contributed by atoms with van der Waals surface area (Å²) >= 11 is 0. The van der Waals surface area contributed by atoms with Gasteiger partial charge in [0, 0.05) is 17.8 Å². The monoisotopic (exact) mass is 207 g/mol. The molecule has 0 bridgehead atoms. The van der Waals surface area contributed by atoms with E-state index in [1.807, 2.05) is 12.3 Å². The summed E-state index contributed by atoms with van der Waals surface area (Å²) in [5.41, 5.74) is 3.81. The molecule has 16 heavy (non-hydrogen) atoms. The lowest BCUT2D eigenvalue weighted by Gasteiger charge is -2.07. The number of nitrogens with one attached hydrogen (secondary N) is 1. The van der Waals surface area contributed by atoms with Crippen LogP contribution in [0.25, 0.3) is 11.3 Å². The molecule has 0 fully saturated rings. The van der Waals surface area contributed by atoms with Gasteiger partial charge in [-0.2, -0.15) is 0 Å². The van der Waals surface area contributed by atoms with Gasteiger partial charge in [-0.25, -0.2) is 0 Å². The molecule has 0 amide bonds. The predicted molar refractivity (Wildman–Crippen MR) is 67.2 cm³/mol. The van der Waals surface area contributed by atoms with Crippen molar-refractivity contribution in [2.75, 3.05) is 0 Å². The van der Waals surface area contributed by atoms with Gasteiger partial charge in [-0.15, -0.1) is 0 Å². The Labute approximate surface area is 95.1 Å². The first-order valence-electron chi connectivity index (χ1n) is 5.53. The summed E-state index contributed by atoms with van der Waals surface area (Å²) in [5.74, 6) is 0.418. The molecule has 0 aliphatic heterocycles. The summed E-state index contributed by atoms with van der Waals surface area (Å²) in [5, 5.41) is 0. The van der Waals surface area contributed by atoms with Crippen LogP contribution < -0.4 is 0 Å². The zero-order valence-corrected chi connectivity index (χ0v) is 8.93. The van der Waals surface area contributed by atoms with Crippen LogP contribution in [0.2, 0.25) is 0 Å². The van der Waals surface area contributed by atoms with E-state index in [1.165, 1.54) is 16.8 Å². The minimum Gasteiger partial charge on any atom is -0.361 e. The molecular formula is C15H13N. The van der Waals surface area contributed by atoms with E-state index in [0.29, 0.717) is 5.92 Å².